The topological polar surface area (TPSA) is 86.5 Å². The lowest BCUT2D eigenvalue weighted by Crippen LogP contribution is -2.27. The molecule has 0 aliphatic carbocycles. The molecule has 0 bridgehead atoms. The van der Waals surface area contributed by atoms with Gasteiger partial charge in [0.1, 0.15) is 16.7 Å². The van der Waals surface area contributed by atoms with Crippen LogP contribution in [0.5, 0.6) is 0 Å². The van der Waals surface area contributed by atoms with E-state index in [9.17, 15) is 19.7 Å². The van der Waals surface area contributed by atoms with E-state index in [1.165, 1.54) is 18.2 Å². The van der Waals surface area contributed by atoms with Crippen LogP contribution in [0.1, 0.15) is 31.1 Å². The van der Waals surface area contributed by atoms with Gasteiger partial charge in [-0.3, -0.25) is 14.9 Å². The number of carbonyl (C=O) groups is 2. The summed E-state index contributed by atoms with van der Waals surface area (Å²) in [4.78, 5) is 34.3. The molecule has 7 heteroatoms. The Morgan fingerprint density at radius 2 is 1.90 bits per heavy atom. The standard InChI is InChI=1S/C14H14BrNO5/c1-8(13(18)21-14(2,3)4)12(17)10-6-5-9(15)7-11(10)16(19)20/h5-7H,1H2,2-4H3. The highest BCUT2D eigenvalue weighted by Gasteiger charge is 2.28. The summed E-state index contributed by atoms with van der Waals surface area (Å²) in [7, 11) is 0. The first-order chi connectivity index (χ1) is 9.53. The third-order valence-corrected chi connectivity index (χ3v) is 2.81. The van der Waals surface area contributed by atoms with Crippen molar-refractivity contribution in [1.82, 2.24) is 0 Å². The molecule has 0 N–H and O–H groups in total. The average Bonchev–Trinajstić information content (AvgIpc) is 2.34. The molecule has 6 nitrogen and oxygen atoms in total. The number of nitro groups is 1. The van der Waals surface area contributed by atoms with E-state index in [4.69, 9.17) is 4.74 Å². The molecule has 0 fully saturated rings. The van der Waals surface area contributed by atoms with E-state index in [0.717, 1.165) is 0 Å². The SMILES string of the molecule is C=C(C(=O)OC(C)(C)C)C(=O)c1ccc(Br)cc1[N+](=O)[O-]. The molecule has 112 valence electrons. The third-order valence-electron chi connectivity index (χ3n) is 2.32. The Kier molecular flexibility index (Phi) is 5.01. The van der Waals surface area contributed by atoms with E-state index in [2.05, 4.69) is 22.5 Å². The van der Waals surface area contributed by atoms with Gasteiger partial charge in [-0.25, -0.2) is 4.79 Å². The van der Waals surface area contributed by atoms with Crippen molar-refractivity contribution in [2.75, 3.05) is 0 Å². The second-order valence-electron chi connectivity index (χ2n) is 5.23. The quantitative estimate of drug-likeness (QED) is 0.157. The van der Waals surface area contributed by atoms with Crippen LogP contribution in [0.25, 0.3) is 0 Å². The largest absolute Gasteiger partial charge is 0.456 e. The number of ketones is 1. The van der Waals surface area contributed by atoms with Crippen LogP contribution in [-0.4, -0.2) is 22.3 Å². The minimum atomic E-state index is -0.898. The Bertz CT molecular complexity index is 631. The van der Waals surface area contributed by atoms with Crippen molar-refractivity contribution in [3.63, 3.8) is 0 Å². The normalized spacial score (nSPS) is 10.9. The highest BCUT2D eigenvalue weighted by molar-refractivity contribution is 9.10. The minimum absolute atomic E-state index is 0.209. The lowest BCUT2D eigenvalue weighted by atomic mass is 10.0. The molecule has 0 heterocycles. The highest BCUT2D eigenvalue weighted by Crippen LogP contribution is 2.26. The van der Waals surface area contributed by atoms with Crippen molar-refractivity contribution in [3.8, 4) is 0 Å². The van der Waals surface area contributed by atoms with Gasteiger partial charge in [0.05, 0.1) is 4.92 Å². The summed E-state index contributed by atoms with van der Waals surface area (Å²) in [6, 6.07) is 3.93. The van der Waals surface area contributed by atoms with Crippen LogP contribution >= 0.6 is 15.9 Å². The van der Waals surface area contributed by atoms with E-state index in [1.807, 2.05) is 0 Å². The summed E-state index contributed by atoms with van der Waals surface area (Å²) in [5, 5.41) is 11.0. The molecule has 1 aromatic carbocycles. The van der Waals surface area contributed by atoms with Crippen LogP contribution in [0.15, 0.2) is 34.8 Å². The van der Waals surface area contributed by atoms with Crippen molar-refractivity contribution in [2.45, 2.75) is 26.4 Å². The second-order valence-corrected chi connectivity index (χ2v) is 6.14. The van der Waals surface area contributed by atoms with Gasteiger partial charge in [-0.1, -0.05) is 22.5 Å². The molecule has 0 spiro atoms. The first kappa shape index (κ1) is 17.0. The molecule has 0 aliphatic rings. The van der Waals surface area contributed by atoms with Gasteiger partial charge in [-0.05, 0) is 32.9 Å². The van der Waals surface area contributed by atoms with Gasteiger partial charge < -0.3 is 4.74 Å². The Morgan fingerprint density at radius 1 is 1.33 bits per heavy atom. The molecule has 0 saturated heterocycles. The molecule has 0 aromatic heterocycles. The van der Waals surface area contributed by atoms with E-state index in [-0.39, 0.29) is 5.56 Å². The lowest BCUT2D eigenvalue weighted by Gasteiger charge is -2.19. The molecule has 0 unspecified atom stereocenters. The molecule has 1 rings (SSSR count). The number of benzene rings is 1. The third kappa shape index (κ3) is 4.49. The number of rotatable bonds is 4. The summed E-state index contributed by atoms with van der Waals surface area (Å²) >= 11 is 3.09. The average molecular weight is 356 g/mol. The van der Waals surface area contributed by atoms with Crippen LogP contribution in [-0.2, 0) is 9.53 Å². The zero-order valence-electron chi connectivity index (χ0n) is 11.8. The zero-order valence-corrected chi connectivity index (χ0v) is 13.4. The van der Waals surface area contributed by atoms with Gasteiger partial charge in [0.2, 0.25) is 5.78 Å². The summed E-state index contributed by atoms with van der Waals surface area (Å²) in [6.07, 6.45) is 0. The van der Waals surface area contributed by atoms with Gasteiger partial charge in [0.25, 0.3) is 5.69 Å². The van der Waals surface area contributed by atoms with Crippen molar-refractivity contribution < 1.29 is 19.2 Å². The summed E-state index contributed by atoms with van der Waals surface area (Å²) in [6.45, 7) is 8.31. The first-order valence-corrected chi connectivity index (χ1v) is 6.73. The molecule has 1 aromatic rings. The number of nitrogens with zero attached hydrogens (tertiary/aromatic N) is 1. The number of hydrogen-bond donors (Lipinski definition) is 0. The van der Waals surface area contributed by atoms with Gasteiger partial charge in [-0.2, -0.15) is 0 Å². The number of nitro benzene ring substituents is 1. The highest BCUT2D eigenvalue weighted by atomic mass is 79.9. The predicted molar refractivity (Wildman–Crippen MR) is 80.1 cm³/mol. The van der Waals surface area contributed by atoms with Crippen molar-refractivity contribution >= 4 is 33.4 Å². The molecule has 0 atom stereocenters. The molecule has 0 saturated carbocycles. The lowest BCUT2D eigenvalue weighted by molar-refractivity contribution is -0.385. The summed E-state index contributed by atoms with van der Waals surface area (Å²) in [5.74, 6) is -1.73. The Balaban J connectivity index is 3.12. The Labute approximate surface area is 130 Å². The second kappa shape index (κ2) is 6.17. The van der Waals surface area contributed by atoms with Crippen LogP contribution in [0.2, 0.25) is 0 Å². The number of esters is 1. The smallest absolute Gasteiger partial charge is 0.342 e. The van der Waals surface area contributed by atoms with E-state index in [1.54, 1.807) is 20.8 Å². The van der Waals surface area contributed by atoms with Crippen molar-refractivity contribution in [1.29, 1.82) is 0 Å². The molecule has 21 heavy (non-hydrogen) atoms. The van der Waals surface area contributed by atoms with Crippen LogP contribution in [0, 0.1) is 10.1 Å². The monoisotopic (exact) mass is 355 g/mol. The predicted octanol–water partition coefficient (Wildman–Crippen LogP) is 3.44. The number of carbonyl (C=O) groups excluding carboxylic acids is 2. The van der Waals surface area contributed by atoms with E-state index >= 15 is 0 Å². The van der Waals surface area contributed by atoms with Crippen molar-refractivity contribution in [2.24, 2.45) is 0 Å². The fourth-order valence-electron chi connectivity index (χ4n) is 1.44. The van der Waals surface area contributed by atoms with Crippen molar-refractivity contribution in [3.05, 3.63) is 50.5 Å². The van der Waals surface area contributed by atoms with Gasteiger partial charge in [0.15, 0.2) is 0 Å². The maximum Gasteiger partial charge on any atom is 0.342 e. The fourth-order valence-corrected chi connectivity index (χ4v) is 1.79. The molecule has 0 amide bonds. The number of ether oxygens (including phenoxy) is 1. The number of halogens is 1. The maximum atomic E-state index is 12.2. The molecular formula is C14H14BrNO5. The fraction of sp³-hybridized carbons (Fsp3) is 0.286. The Morgan fingerprint density at radius 3 is 2.38 bits per heavy atom. The maximum absolute atomic E-state index is 12.2. The van der Waals surface area contributed by atoms with Crippen LogP contribution in [0.4, 0.5) is 5.69 Å². The summed E-state index contributed by atoms with van der Waals surface area (Å²) in [5.41, 5.74) is -1.85. The van der Waals surface area contributed by atoms with E-state index < -0.39 is 33.5 Å². The first-order valence-electron chi connectivity index (χ1n) is 5.94. The minimum Gasteiger partial charge on any atom is -0.456 e. The molecule has 0 aliphatic heterocycles. The van der Waals surface area contributed by atoms with E-state index in [0.29, 0.717) is 4.47 Å². The Hall–Kier alpha value is -2.02. The number of Topliss-reactive ketones (excluding diaryl/α,β-unsaturated/α-hetero) is 1. The summed E-state index contributed by atoms with van der Waals surface area (Å²) < 4.78 is 5.48. The number of hydrogen-bond acceptors (Lipinski definition) is 5. The van der Waals surface area contributed by atoms with Crippen LogP contribution in [0.3, 0.4) is 0 Å². The molecular weight excluding hydrogens is 342 g/mol. The van der Waals surface area contributed by atoms with Crippen LogP contribution < -0.4 is 0 Å². The van der Waals surface area contributed by atoms with Gasteiger partial charge in [0, 0.05) is 10.5 Å². The molecule has 0 radical (unpaired) electrons. The van der Waals surface area contributed by atoms with Gasteiger partial charge >= 0.3 is 5.97 Å². The van der Waals surface area contributed by atoms with Gasteiger partial charge in [-0.15, -0.1) is 0 Å². The zero-order chi connectivity index (χ0) is 16.4.